The van der Waals surface area contributed by atoms with Gasteiger partial charge >= 0.3 is 5.97 Å². The molecule has 0 heterocycles. The monoisotopic (exact) mass is 260 g/mol. The molecule has 0 aliphatic rings. The fraction of sp³-hybridized carbons (Fsp3) is 0.471. The lowest BCUT2D eigenvalue weighted by Gasteiger charge is -2.06. The average molecular weight is 260 g/mol. The Hall–Kier alpha value is -1.57. The van der Waals surface area contributed by atoms with E-state index in [0.29, 0.717) is 0 Å². The first-order chi connectivity index (χ1) is 9.24. The highest BCUT2D eigenvalue weighted by Crippen LogP contribution is 2.15. The first-order valence-electron chi connectivity index (χ1n) is 7.23. The third-order valence-corrected chi connectivity index (χ3v) is 3.26. The minimum atomic E-state index is -0.894. The van der Waals surface area contributed by atoms with Crippen molar-refractivity contribution in [2.24, 2.45) is 0 Å². The summed E-state index contributed by atoms with van der Waals surface area (Å²) in [6.07, 6.45) is 11.6. The van der Waals surface area contributed by atoms with Gasteiger partial charge in [-0.1, -0.05) is 63.3 Å². The molecule has 1 rings (SSSR count). The molecule has 0 fully saturated rings. The van der Waals surface area contributed by atoms with Gasteiger partial charge in [0.05, 0.1) is 0 Å². The smallest absolute Gasteiger partial charge is 0.328 e. The Kier molecular flexibility index (Phi) is 7.64. The zero-order valence-electron chi connectivity index (χ0n) is 11.8. The predicted octanol–water partition coefficient (Wildman–Crippen LogP) is 4.69. The van der Waals surface area contributed by atoms with Crippen LogP contribution >= 0.6 is 0 Å². The molecule has 0 aliphatic carbocycles. The highest BCUT2D eigenvalue weighted by Gasteiger charge is 1.99. The van der Waals surface area contributed by atoms with Crippen molar-refractivity contribution in [2.75, 3.05) is 0 Å². The third-order valence-electron chi connectivity index (χ3n) is 3.26. The van der Waals surface area contributed by atoms with Crippen LogP contribution in [0.15, 0.2) is 30.3 Å². The first kappa shape index (κ1) is 15.5. The maximum Gasteiger partial charge on any atom is 0.328 e. The summed E-state index contributed by atoms with van der Waals surface area (Å²) in [5, 5.41) is 8.68. The summed E-state index contributed by atoms with van der Waals surface area (Å²) in [5.74, 6) is -0.894. The Balaban J connectivity index is 2.42. The van der Waals surface area contributed by atoms with Crippen LogP contribution in [0.1, 0.15) is 56.6 Å². The second-order valence-corrected chi connectivity index (χ2v) is 4.89. The van der Waals surface area contributed by atoms with Crippen LogP contribution in [0.25, 0.3) is 6.08 Å². The molecule has 104 valence electrons. The van der Waals surface area contributed by atoms with Crippen molar-refractivity contribution < 1.29 is 9.90 Å². The Morgan fingerprint density at radius 2 is 1.79 bits per heavy atom. The van der Waals surface area contributed by atoms with Gasteiger partial charge in [-0.25, -0.2) is 4.79 Å². The number of rotatable bonds is 9. The number of aryl methyl sites for hydroxylation is 1. The number of hydrogen-bond acceptors (Lipinski definition) is 1. The van der Waals surface area contributed by atoms with Crippen molar-refractivity contribution in [3.05, 3.63) is 41.5 Å². The van der Waals surface area contributed by atoms with Crippen molar-refractivity contribution >= 4 is 12.0 Å². The number of aliphatic carboxylic acids is 1. The van der Waals surface area contributed by atoms with Gasteiger partial charge in [0.15, 0.2) is 0 Å². The molecule has 0 amide bonds. The standard InChI is InChI=1S/C17H24O2/c1-2-3-4-5-6-7-10-15-11-8-9-12-16(15)13-14-17(18)19/h8-9,11-14H,2-7,10H2,1H3,(H,18,19). The predicted molar refractivity (Wildman–Crippen MR) is 80.2 cm³/mol. The molecule has 1 aromatic carbocycles. The van der Waals surface area contributed by atoms with E-state index in [1.54, 1.807) is 6.08 Å². The molecule has 0 aromatic heterocycles. The first-order valence-corrected chi connectivity index (χ1v) is 7.23. The summed E-state index contributed by atoms with van der Waals surface area (Å²) in [5.41, 5.74) is 2.27. The van der Waals surface area contributed by atoms with E-state index in [-0.39, 0.29) is 0 Å². The Morgan fingerprint density at radius 1 is 1.11 bits per heavy atom. The van der Waals surface area contributed by atoms with E-state index in [9.17, 15) is 4.79 Å². The molecule has 1 N–H and O–H groups in total. The second-order valence-electron chi connectivity index (χ2n) is 4.89. The van der Waals surface area contributed by atoms with Crippen molar-refractivity contribution in [1.82, 2.24) is 0 Å². The third kappa shape index (κ3) is 6.80. The van der Waals surface area contributed by atoms with E-state index in [2.05, 4.69) is 13.0 Å². The van der Waals surface area contributed by atoms with Crippen LogP contribution in [0.3, 0.4) is 0 Å². The zero-order chi connectivity index (χ0) is 13.9. The van der Waals surface area contributed by atoms with Gasteiger partial charge in [0.25, 0.3) is 0 Å². The van der Waals surface area contributed by atoms with Crippen LogP contribution in [-0.4, -0.2) is 11.1 Å². The van der Waals surface area contributed by atoms with Gasteiger partial charge in [-0.2, -0.15) is 0 Å². The van der Waals surface area contributed by atoms with Crippen molar-refractivity contribution in [3.8, 4) is 0 Å². The van der Waals surface area contributed by atoms with Gasteiger partial charge in [-0.3, -0.25) is 0 Å². The van der Waals surface area contributed by atoms with Gasteiger partial charge in [0, 0.05) is 6.08 Å². The number of benzene rings is 1. The molecule has 0 unspecified atom stereocenters. The number of carboxylic acid groups (broad SMARTS) is 1. The lowest BCUT2D eigenvalue weighted by Crippen LogP contribution is -1.91. The molecule has 0 atom stereocenters. The largest absolute Gasteiger partial charge is 0.478 e. The summed E-state index contributed by atoms with van der Waals surface area (Å²) >= 11 is 0. The van der Waals surface area contributed by atoms with Crippen molar-refractivity contribution in [2.45, 2.75) is 51.9 Å². The summed E-state index contributed by atoms with van der Waals surface area (Å²) in [6.45, 7) is 2.23. The minimum absolute atomic E-state index is 0.894. The maximum atomic E-state index is 10.6. The average Bonchev–Trinajstić information content (AvgIpc) is 2.41. The van der Waals surface area contributed by atoms with Crippen LogP contribution in [0.2, 0.25) is 0 Å². The van der Waals surface area contributed by atoms with Crippen molar-refractivity contribution in [3.63, 3.8) is 0 Å². The molecule has 0 saturated heterocycles. The second kappa shape index (κ2) is 9.37. The van der Waals surface area contributed by atoms with E-state index in [4.69, 9.17) is 5.11 Å². The van der Waals surface area contributed by atoms with Gasteiger partial charge in [-0.15, -0.1) is 0 Å². The van der Waals surface area contributed by atoms with E-state index >= 15 is 0 Å². The van der Waals surface area contributed by atoms with Gasteiger partial charge in [0.1, 0.15) is 0 Å². The van der Waals surface area contributed by atoms with Crippen LogP contribution in [0.4, 0.5) is 0 Å². The number of carbonyl (C=O) groups is 1. The minimum Gasteiger partial charge on any atom is -0.478 e. The van der Waals surface area contributed by atoms with E-state index in [1.165, 1.54) is 50.2 Å². The van der Waals surface area contributed by atoms with E-state index in [0.717, 1.165) is 12.0 Å². The Labute approximate surface area is 116 Å². The molecule has 0 radical (unpaired) electrons. The summed E-state index contributed by atoms with van der Waals surface area (Å²) < 4.78 is 0. The van der Waals surface area contributed by atoms with Gasteiger partial charge in [0.2, 0.25) is 0 Å². The molecule has 2 nitrogen and oxygen atoms in total. The molecule has 0 aliphatic heterocycles. The normalized spacial score (nSPS) is 11.0. The van der Waals surface area contributed by atoms with E-state index < -0.39 is 5.97 Å². The number of hydrogen-bond donors (Lipinski definition) is 1. The van der Waals surface area contributed by atoms with Crippen LogP contribution in [0, 0.1) is 0 Å². The molecule has 0 spiro atoms. The lowest BCUT2D eigenvalue weighted by molar-refractivity contribution is -0.131. The number of unbranched alkanes of at least 4 members (excludes halogenated alkanes) is 5. The van der Waals surface area contributed by atoms with Crippen LogP contribution < -0.4 is 0 Å². The summed E-state index contributed by atoms with van der Waals surface area (Å²) in [4.78, 5) is 10.6. The Morgan fingerprint density at radius 3 is 2.53 bits per heavy atom. The molecular formula is C17H24O2. The molecule has 0 saturated carbocycles. The SMILES string of the molecule is CCCCCCCCc1ccccc1C=CC(=O)O. The quantitative estimate of drug-likeness (QED) is 0.516. The van der Waals surface area contributed by atoms with Gasteiger partial charge in [-0.05, 0) is 30.0 Å². The maximum absolute atomic E-state index is 10.6. The number of carboxylic acids is 1. The fourth-order valence-electron chi connectivity index (χ4n) is 2.18. The Bertz CT molecular complexity index is 407. The summed E-state index contributed by atoms with van der Waals surface area (Å²) in [7, 11) is 0. The molecule has 19 heavy (non-hydrogen) atoms. The highest BCUT2D eigenvalue weighted by molar-refractivity contribution is 5.85. The van der Waals surface area contributed by atoms with Crippen LogP contribution in [-0.2, 0) is 11.2 Å². The molecular weight excluding hydrogens is 236 g/mol. The zero-order valence-corrected chi connectivity index (χ0v) is 11.8. The molecule has 2 heteroatoms. The van der Waals surface area contributed by atoms with Crippen LogP contribution in [0.5, 0.6) is 0 Å². The highest BCUT2D eigenvalue weighted by atomic mass is 16.4. The lowest BCUT2D eigenvalue weighted by atomic mass is 10.00. The molecule has 0 bridgehead atoms. The molecule has 1 aromatic rings. The van der Waals surface area contributed by atoms with E-state index in [1.807, 2.05) is 18.2 Å². The summed E-state index contributed by atoms with van der Waals surface area (Å²) in [6, 6.07) is 8.04. The van der Waals surface area contributed by atoms with Crippen molar-refractivity contribution in [1.29, 1.82) is 0 Å². The van der Waals surface area contributed by atoms with Gasteiger partial charge < -0.3 is 5.11 Å². The topological polar surface area (TPSA) is 37.3 Å². The fourth-order valence-corrected chi connectivity index (χ4v) is 2.18.